The van der Waals surface area contributed by atoms with E-state index >= 15 is 0 Å². The zero-order valence-electron chi connectivity index (χ0n) is 19.4. The molecule has 0 bridgehead atoms. The zero-order valence-corrected chi connectivity index (χ0v) is 20.2. The Bertz CT molecular complexity index is 1310. The molecule has 3 aliphatic rings. The van der Waals surface area contributed by atoms with Crippen LogP contribution in [-0.4, -0.2) is 86.6 Å². The van der Waals surface area contributed by atoms with E-state index in [-0.39, 0.29) is 34.7 Å². The lowest BCUT2D eigenvalue weighted by Gasteiger charge is -2.50. The molecule has 0 aliphatic heterocycles. The van der Waals surface area contributed by atoms with Crippen LogP contribution in [0.3, 0.4) is 0 Å². The van der Waals surface area contributed by atoms with Gasteiger partial charge in [0.2, 0.25) is 5.78 Å². The van der Waals surface area contributed by atoms with Crippen LogP contribution < -0.4 is 16.4 Å². The monoisotopic (exact) mass is 521 g/mol. The van der Waals surface area contributed by atoms with E-state index in [2.05, 4.69) is 15.6 Å². The Labute approximate surface area is 209 Å². The third kappa shape index (κ3) is 3.34. The Hall–Kier alpha value is -3.68. The highest BCUT2D eigenvalue weighted by Crippen LogP contribution is 2.53. The van der Waals surface area contributed by atoms with E-state index in [1.165, 1.54) is 26.0 Å². The Morgan fingerprint density at radius 2 is 1.86 bits per heavy atom. The number of fused-ring (bicyclic) bond motifs is 3. The van der Waals surface area contributed by atoms with Crippen LogP contribution in [0, 0.1) is 11.8 Å². The molecule has 8 N–H and O–H groups in total. The van der Waals surface area contributed by atoms with Gasteiger partial charge in [-0.05, 0) is 32.9 Å². The summed E-state index contributed by atoms with van der Waals surface area (Å²) in [4.78, 5) is 56.0. The van der Waals surface area contributed by atoms with Crippen molar-refractivity contribution < 1.29 is 39.6 Å². The minimum atomic E-state index is -2.75. The van der Waals surface area contributed by atoms with Gasteiger partial charge in [0.15, 0.2) is 23.0 Å². The highest BCUT2D eigenvalue weighted by atomic mass is 35.5. The molecule has 192 valence electrons. The first-order valence-corrected chi connectivity index (χ1v) is 11.2. The lowest BCUT2D eigenvalue weighted by molar-refractivity contribution is -0.148. The van der Waals surface area contributed by atoms with Crippen LogP contribution >= 0.6 is 11.6 Å². The molecule has 4 atom stereocenters. The van der Waals surface area contributed by atoms with Crippen molar-refractivity contribution in [3.8, 4) is 5.75 Å². The van der Waals surface area contributed by atoms with Gasteiger partial charge < -0.3 is 31.5 Å². The molecule has 0 radical (unpaired) electrons. The number of halogens is 1. The normalized spacial score (nSPS) is 27.4. The molecule has 0 saturated carbocycles. The molecule has 0 spiro atoms. The zero-order chi connectivity index (χ0) is 26.9. The first kappa shape index (κ1) is 25.4. The first-order chi connectivity index (χ1) is 16.8. The van der Waals surface area contributed by atoms with Gasteiger partial charge in [-0.25, -0.2) is 9.78 Å². The maximum atomic E-state index is 13.6. The second-order valence-electron chi connectivity index (χ2n) is 9.12. The number of amides is 3. The third-order valence-electron chi connectivity index (χ3n) is 7.00. The molecular weight excluding hydrogens is 498 g/mol. The molecule has 3 aliphatic carbocycles. The van der Waals surface area contributed by atoms with Gasteiger partial charge in [0, 0.05) is 24.1 Å². The number of Topliss-reactive ketones (excluding diaryl/α,β-unsaturated/α-hetero) is 2. The van der Waals surface area contributed by atoms with E-state index < -0.39 is 75.6 Å². The van der Waals surface area contributed by atoms with Crippen molar-refractivity contribution >= 4 is 40.9 Å². The quantitative estimate of drug-likeness (QED) is 0.207. The van der Waals surface area contributed by atoms with Crippen molar-refractivity contribution in [3.05, 3.63) is 38.9 Å². The molecular formula is C22H24ClN5O8. The van der Waals surface area contributed by atoms with Crippen LogP contribution in [0.4, 0.5) is 10.6 Å². The number of aromatic hydroxyl groups is 1. The van der Waals surface area contributed by atoms with Crippen LogP contribution in [0.15, 0.2) is 22.7 Å². The molecule has 14 heteroatoms. The number of nitrogens with one attached hydrogen (secondary N) is 2. The molecule has 0 aromatic carbocycles. The molecule has 1 aromatic rings. The van der Waals surface area contributed by atoms with Crippen LogP contribution in [0.2, 0.25) is 5.15 Å². The minimum Gasteiger partial charge on any atom is -0.510 e. The summed E-state index contributed by atoms with van der Waals surface area (Å²) in [6.07, 6.45) is -0.102. The molecule has 3 amide bonds. The molecule has 13 nitrogen and oxygen atoms in total. The highest BCUT2D eigenvalue weighted by Gasteiger charge is 2.63. The van der Waals surface area contributed by atoms with Crippen LogP contribution in [0.1, 0.15) is 22.3 Å². The van der Waals surface area contributed by atoms with Gasteiger partial charge >= 0.3 is 6.03 Å². The average molecular weight is 522 g/mol. The van der Waals surface area contributed by atoms with Crippen LogP contribution in [-0.2, 0) is 16.0 Å². The number of urea groups is 1. The fourth-order valence-electron chi connectivity index (χ4n) is 5.42. The summed E-state index contributed by atoms with van der Waals surface area (Å²) in [6.45, 7) is 0. The van der Waals surface area contributed by atoms with E-state index in [0.29, 0.717) is 0 Å². The SMILES string of the molecule is CNC(=O)Nc1nc(Cl)c2c(c1O)C(=O)C1=C(O)[C@]3(O)C(=O)C(C(N)=O)=C(O)[C@@H](N(C)C)[C@@H]3C[C@@H]1C2. The van der Waals surface area contributed by atoms with Gasteiger partial charge in [-0.1, -0.05) is 11.6 Å². The molecule has 0 fully saturated rings. The Balaban J connectivity index is 1.93. The number of rotatable bonds is 3. The van der Waals surface area contributed by atoms with Gasteiger partial charge in [0.05, 0.1) is 11.6 Å². The number of nitrogens with two attached hydrogens (primary N) is 1. The number of anilines is 1. The number of allylic oxidation sites excluding steroid dienone is 1. The maximum absolute atomic E-state index is 13.6. The van der Waals surface area contributed by atoms with Gasteiger partial charge in [0.25, 0.3) is 5.91 Å². The largest absolute Gasteiger partial charge is 0.510 e. The number of aliphatic hydroxyl groups is 3. The number of ketones is 2. The first-order valence-electron chi connectivity index (χ1n) is 10.8. The average Bonchev–Trinajstić information content (AvgIpc) is 2.79. The summed E-state index contributed by atoms with van der Waals surface area (Å²) in [5, 5.41) is 48.6. The summed E-state index contributed by atoms with van der Waals surface area (Å²) in [6, 6.07) is -1.85. The summed E-state index contributed by atoms with van der Waals surface area (Å²) in [7, 11) is 4.39. The van der Waals surface area contributed by atoms with E-state index in [9.17, 15) is 39.6 Å². The predicted octanol–water partition coefficient (Wildman–Crippen LogP) is -0.0797. The Morgan fingerprint density at radius 1 is 1.22 bits per heavy atom. The van der Waals surface area contributed by atoms with Gasteiger partial charge in [-0.2, -0.15) is 0 Å². The number of likely N-dealkylation sites (N-methyl/N-ethyl adjacent to an activating group) is 1. The summed E-state index contributed by atoms with van der Waals surface area (Å²) in [5.74, 6) is -8.32. The van der Waals surface area contributed by atoms with Gasteiger partial charge in [-0.3, -0.25) is 24.6 Å². The lowest BCUT2D eigenvalue weighted by Crippen LogP contribution is -2.63. The summed E-state index contributed by atoms with van der Waals surface area (Å²) >= 11 is 6.29. The van der Waals surface area contributed by atoms with E-state index in [1.54, 1.807) is 0 Å². The second kappa shape index (κ2) is 8.47. The smallest absolute Gasteiger partial charge is 0.320 e. The minimum absolute atomic E-state index is 0.0197. The molecule has 1 aromatic heterocycles. The topological polar surface area (TPSA) is 215 Å². The number of carbonyl (C=O) groups excluding carboxylic acids is 4. The van der Waals surface area contributed by atoms with Crippen LogP contribution in [0.5, 0.6) is 5.75 Å². The number of aromatic nitrogens is 1. The Kier molecular flexibility index (Phi) is 5.98. The standard InChI is InChI=1S/C22H24ClN5O8/c1-25-21(35)27-20-15(31)10-7(18(23)26-20)4-6-5-8-12(28(2)3)14(30)11(19(24)34)17(33)22(8,36)16(32)9(6)13(10)29/h6,8,12,30-32,36H,4-5H2,1-3H3,(H2,24,34)(H2,25,26,27,35)/t6-,8-,12-,22-/m0/s1. The van der Waals surface area contributed by atoms with E-state index in [1.807, 2.05) is 0 Å². The number of carbonyl (C=O) groups is 4. The van der Waals surface area contributed by atoms with Crippen molar-refractivity contribution in [2.24, 2.45) is 17.6 Å². The second-order valence-corrected chi connectivity index (χ2v) is 9.48. The van der Waals surface area contributed by atoms with E-state index in [0.717, 1.165) is 0 Å². The van der Waals surface area contributed by atoms with E-state index in [4.69, 9.17) is 17.3 Å². The predicted molar refractivity (Wildman–Crippen MR) is 125 cm³/mol. The van der Waals surface area contributed by atoms with Crippen molar-refractivity contribution in [1.82, 2.24) is 15.2 Å². The van der Waals surface area contributed by atoms with Crippen molar-refractivity contribution in [1.29, 1.82) is 0 Å². The van der Waals surface area contributed by atoms with Gasteiger partial charge in [0.1, 0.15) is 22.2 Å². The molecule has 0 saturated heterocycles. The van der Waals surface area contributed by atoms with Crippen molar-refractivity contribution in [3.63, 3.8) is 0 Å². The molecule has 0 unspecified atom stereocenters. The highest BCUT2D eigenvalue weighted by molar-refractivity contribution is 6.32. The fraction of sp³-hybridized carbons (Fsp3) is 0.409. The summed E-state index contributed by atoms with van der Waals surface area (Å²) < 4.78 is 0. The fourth-order valence-corrected chi connectivity index (χ4v) is 5.68. The van der Waals surface area contributed by atoms with Crippen molar-refractivity contribution in [2.75, 3.05) is 26.5 Å². The number of hydrogen-bond donors (Lipinski definition) is 7. The van der Waals surface area contributed by atoms with Crippen LogP contribution in [0.25, 0.3) is 0 Å². The molecule has 36 heavy (non-hydrogen) atoms. The number of aliphatic hydroxyl groups excluding tert-OH is 2. The van der Waals surface area contributed by atoms with Gasteiger partial charge in [-0.15, -0.1) is 0 Å². The number of pyridine rings is 1. The third-order valence-corrected chi connectivity index (χ3v) is 7.31. The summed E-state index contributed by atoms with van der Waals surface area (Å²) in [5.41, 5.74) is 1.09. The number of hydrogen-bond acceptors (Lipinski definition) is 10. The molecule has 1 heterocycles. The van der Waals surface area contributed by atoms with Crippen molar-refractivity contribution in [2.45, 2.75) is 24.5 Å². The Morgan fingerprint density at radius 3 is 2.42 bits per heavy atom. The number of primary amides is 1. The lowest BCUT2D eigenvalue weighted by atomic mass is 9.58. The number of nitrogens with zero attached hydrogens (tertiary/aromatic N) is 2. The molecule has 4 rings (SSSR count). The maximum Gasteiger partial charge on any atom is 0.320 e.